The van der Waals surface area contributed by atoms with Crippen molar-refractivity contribution in [3.05, 3.63) is 29.6 Å². The van der Waals surface area contributed by atoms with Crippen molar-refractivity contribution in [1.82, 2.24) is 5.32 Å². The van der Waals surface area contributed by atoms with Gasteiger partial charge in [-0.15, -0.1) is 0 Å². The third kappa shape index (κ3) is 3.21. The van der Waals surface area contributed by atoms with Crippen LogP contribution in [0.2, 0.25) is 0 Å². The SMILES string of the molecule is CNC(COc1cc(C)ccc1F)C1CCOC1. The van der Waals surface area contributed by atoms with Gasteiger partial charge in [0.15, 0.2) is 11.6 Å². The van der Waals surface area contributed by atoms with Crippen LogP contribution in [-0.2, 0) is 4.74 Å². The summed E-state index contributed by atoms with van der Waals surface area (Å²) in [6.07, 6.45) is 1.03. The summed E-state index contributed by atoms with van der Waals surface area (Å²) in [6, 6.07) is 5.11. The van der Waals surface area contributed by atoms with Crippen LogP contribution >= 0.6 is 0 Å². The zero-order valence-corrected chi connectivity index (χ0v) is 10.9. The third-order valence-electron chi connectivity index (χ3n) is 3.41. The van der Waals surface area contributed by atoms with E-state index in [9.17, 15) is 4.39 Å². The molecule has 2 rings (SSSR count). The van der Waals surface area contributed by atoms with Gasteiger partial charge < -0.3 is 14.8 Å². The fourth-order valence-corrected chi connectivity index (χ4v) is 2.23. The van der Waals surface area contributed by atoms with E-state index in [1.165, 1.54) is 6.07 Å². The van der Waals surface area contributed by atoms with Gasteiger partial charge in [-0.3, -0.25) is 0 Å². The summed E-state index contributed by atoms with van der Waals surface area (Å²) in [7, 11) is 1.90. The molecular weight excluding hydrogens is 233 g/mol. The lowest BCUT2D eigenvalue weighted by molar-refractivity contribution is 0.161. The number of nitrogens with one attached hydrogen (secondary N) is 1. The number of ether oxygens (including phenoxy) is 2. The molecule has 1 heterocycles. The zero-order chi connectivity index (χ0) is 13.0. The van der Waals surface area contributed by atoms with E-state index >= 15 is 0 Å². The predicted octanol–water partition coefficient (Wildman–Crippen LogP) is 2.14. The van der Waals surface area contributed by atoms with Gasteiger partial charge in [0.25, 0.3) is 0 Å². The van der Waals surface area contributed by atoms with E-state index in [0.717, 1.165) is 25.2 Å². The third-order valence-corrected chi connectivity index (χ3v) is 3.41. The molecule has 2 unspecified atom stereocenters. The Morgan fingerprint density at radius 3 is 3.06 bits per heavy atom. The first-order valence-corrected chi connectivity index (χ1v) is 6.34. The van der Waals surface area contributed by atoms with E-state index in [1.807, 2.05) is 14.0 Å². The summed E-state index contributed by atoms with van der Waals surface area (Å²) in [4.78, 5) is 0. The highest BCUT2D eigenvalue weighted by Gasteiger charge is 2.25. The lowest BCUT2D eigenvalue weighted by atomic mass is 10.00. The van der Waals surface area contributed by atoms with Crippen LogP contribution in [-0.4, -0.2) is 32.9 Å². The van der Waals surface area contributed by atoms with Crippen LogP contribution in [0, 0.1) is 18.7 Å². The van der Waals surface area contributed by atoms with E-state index in [0.29, 0.717) is 18.3 Å². The van der Waals surface area contributed by atoms with Gasteiger partial charge in [0.1, 0.15) is 6.61 Å². The summed E-state index contributed by atoms with van der Waals surface area (Å²) in [5.74, 6) is 0.468. The number of aryl methyl sites for hydroxylation is 1. The Kier molecular flexibility index (Phi) is 4.55. The van der Waals surface area contributed by atoms with Crippen molar-refractivity contribution in [2.45, 2.75) is 19.4 Å². The summed E-state index contributed by atoms with van der Waals surface area (Å²) < 4.78 is 24.5. The molecule has 1 saturated heterocycles. The Morgan fingerprint density at radius 2 is 2.39 bits per heavy atom. The summed E-state index contributed by atoms with van der Waals surface area (Å²) in [5.41, 5.74) is 0.997. The van der Waals surface area contributed by atoms with Crippen molar-refractivity contribution < 1.29 is 13.9 Å². The van der Waals surface area contributed by atoms with Gasteiger partial charge >= 0.3 is 0 Å². The topological polar surface area (TPSA) is 30.5 Å². The van der Waals surface area contributed by atoms with Gasteiger partial charge in [-0.25, -0.2) is 4.39 Å². The second kappa shape index (κ2) is 6.16. The molecule has 0 spiro atoms. The Labute approximate surface area is 107 Å². The lowest BCUT2D eigenvalue weighted by Crippen LogP contribution is -2.39. The summed E-state index contributed by atoms with van der Waals surface area (Å²) in [6.45, 7) is 3.95. The van der Waals surface area contributed by atoms with Gasteiger partial charge in [0.05, 0.1) is 6.61 Å². The fourth-order valence-electron chi connectivity index (χ4n) is 2.23. The minimum atomic E-state index is -0.307. The van der Waals surface area contributed by atoms with E-state index in [1.54, 1.807) is 12.1 Å². The van der Waals surface area contributed by atoms with Crippen LogP contribution in [0.1, 0.15) is 12.0 Å². The molecule has 0 bridgehead atoms. The quantitative estimate of drug-likeness (QED) is 0.872. The molecule has 0 saturated carbocycles. The first kappa shape index (κ1) is 13.3. The van der Waals surface area contributed by atoms with Crippen LogP contribution in [0.3, 0.4) is 0 Å². The van der Waals surface area contributed by atoms with Crippen molar-refractivity contribution >= 4 is 0 Å². The summed E-state index contributed by atoms with van der Waals surface area (Å²) >= 11 is 0. The van der Waals surface area contributed by atoms with Gasteiger partial charge in [0.2, 0.25) is 0 Å². The van der Waals surface area contributed by atoms with Crippen molar-refractivity contribution in [2.75, 3.05) is 26.9 Å². The van der Waals surface area contributed by atoms with Crippen molar-refractivity contribution in [1.29, 1.82) is 0 Å². The van der Waals surface area contributed by atoms with Crippen LogP contribution in [0.15, 0.2) is 18.2 Å². The Balaban J connectivity index is 1.94. The second-order valence-corrected chi connectivity index (χ2v) is 4.76. The highest BCUT2D eigenvalue weighted by molar-refractivity contribution is 5.29. The average molecular weight is 253 g/mol. The molecule has 1 aromatic rings. The van der Waals surface area contributed by atoms with Crippen molar-refractivity contribution in [3.63, 3.8) is 0 Å². The van der Waals surface area contributed by atoms with E-state index in [2.05, 4.69) is 5.32 Å². The minimum absolute atomic E-state index is 0.201. The largest absolute Gasteiger partial charge is 0.489 e. The number of halogens is 1. The minimum Gasteiger partial charge on any atom is -0.489 e. The molecular formula is C14H20FNO2. The maximum absolute atomic E-state index is 13.5. The Morgan fingerprint density at radius 1 is 1.56 bits per heavy atom. The van der Waals surface area contributed by atoms with Gasteiger partial charge in [-0.05, 0) is 38.1 Å². The van der Waals surface area contributed by atoms with E-state index < -0.39 is 0 Å². The molecule has 2 atom stereocenters. The second-order valence-electron chi connectivity index (χ2n) is 4.76. The van der Waals surface area contributed by atoms with Gasteiger partial charge in [0, 0.05) is 18.6 Å². The average Bonchev–Trinajstić information content (AvgIpc) is 2.88. The monoisotopic (exact) mass is 253 g/mol. The molecule has 0 radical (unpaired) electrons. The normalized spacial score (nSPS) is 20.9. The number of benzene rings is 1. The molecule has 0 amide bonds. The van der Waals surface area contributed by atoms with Crippen molar-refractivity contribution in [3.8, 4) is 5.75 Å². The van der Waals surface area contributed by atoms with Crippen molar-refractivity contribution in [2.24, 2.45) is 5.92 Å². The predicted molar refractivity (Wildman–Crippen MR) is 68.4 cm³/mol. The first-order valence-electron chi connectivity index (χ1n) is 6.34. The van der Waals surface area contributed by atoms with Crippen LogP contribution < -0.4 is 10.1 Å². The number of hydrogen-bond donors (Lipinski definition) is 1. The maximum atomic E-state index is 13.5. The van der Waals surface area contributed by atoms with Crippen LogP contribution in [0.4, 0.5) is 4.39 Å². The van der Waals surface area contributed by atoms with E-state index in [4.69, 9.17) is 9.47 Å². The standard InChI is InChI=1S/C14H20FNO2/c1-10-3-4-12(15)14(7-10)18-9-13(16-2)11-5-6-17-8-11/h3-4,7,11,13,16H,5-6,8-9H2,1-2H3. The fraction of sp³-hybridized carbons (Fsp3) is 0.571. The molecule has 1 aromatic carbocycles. The van der Waals surface area contributed by atoms with Gasteiger partial charge in [-0.2, -0.15) is 0 Å². The molecule has 1 fully saturated rings. The first-order chi connectivity index (χ1) is 8.70. The molecule has 100 valence electrons. The highest BCUT2D eigenvalue weighted by Crippen LogP contribution is 2.21. The Hall–Kier alpha value is -1.13. The lowest BCUT2D eigenvalue weighted by Gasteiger charge is -2.22. The molecule has 18 heavy (non-hydrogen) atoms. The molecule has 1 aliphatic heterocycles. The van der Waals surface area contributed by atoms with Gasteiger partial charge in [-0.1, -0.05) is 6.07 Å². The molecule has 1 aliphatic rings. The molecule has 0 aromatic heterocycles. The number of likely N-dealkylation sites (N-methyl/N-ethyl adjacent to an activating group) is 1. The summed E-state index contributed by atoms with van der Waals surface area (Å²) in [5, 5.41) is 3.22. The number of rotatable bonds is 5. The smallest absolute Gasteiger partial charge is 0.165 e. The van der Waals surface area contributed by atoms with Crippen LogP contribution in [0.25, 0.3) is 0 Å². The molecule has 3 nitrogen and oxygen atoms in total. The Bertz CT molecular complexity index is 391. The molecule has 4 heteroatoms. The van der Waals surface area contributed by atoms with Crippen LogP contribution in [0.5, 0.6) is 5.75 Å². The highest BCUT2D eigenvalue weighted by atomic mass is 19.1. The molecule has 1 N–H and O–H groups in total. The number of hydrogen-bond acceptors (Lipinski definition) is 3. The maximum Gasteiger partial charge on any atom is 0.165 e. The molecule has 0 aliphatic carbocycles. The zero-order valence-electron chi connectivity index (χ0n) is 10.9. The van der Waals surface area contributed by atoms with E-state index in [-0.39, 0.29) is 11.9 Å².